The van der Waals surface area contributed by atoms with Crippen molar-refractivity contribution in [2.75, 3.05) is 6.61 Å². The normalized spacial score (nSPS) is 10.3. The van der Waals surface area contributed by atoms with Gasteiger partial charge in [0, 0.05) is 6.54 Å². The molecule has 0 bridgehead atoms. The van der Waals surface area contributed by atoms with Crippen LogP contribution in [0.15, 0.2) is 42.5 Å². The number of benzene rings is 2. The van der Waals surface area contributed by atoms with Crippen molar-refractivity contribution >= 4 is 0 Å². The molecule has 0 saturated carbocycles. The van der Waals surface area contributed by atoms with E-state index in [0.717, 1.165) is 11.1 Å². The Balaban J connectivity index is 2.13. The van der Waals surface area contributed by atoms with Crippen molar-refractivity contribution in [2.45, 2.75) is 20.1 Å². The van der Waals surface area contributed by atoms with Crippen molar-refractivity contribution in [1.82, 2.24) is 0 Å². The van der Waals surface area contributed by atoms with E-state index in [1.165, 1.54) is 12.1 Å². The number of para-hydroxylation sites is 2. The molecule has 0 aliphatic rings. The van der Waals surface area contributed by atoms with Gasteiger partial charge in [-0.05, 0) is 42.3 Å². The minimum absolute atomic E-state index is 0.281. The lowest BCUT2D eigenvalue weighted by Gasteiger charge is -2.13. The van der Waals surface area contributed by atoms with Crippen molar-refractivity contribution in [3.8, 4) is 11.5 Å². The Labute approximate surface area is 118 Å². The van der Waals surface area contributed by atoms with Crippen LogP contribution in [0, 0.1) is 5.82 Å². The highest BCUT2D eigenvalue weighted by molar-refractivity contribution is 5.40. The molecule has 20 heavy (non-hydrogen) atoms. The molecular formula is C16H18FNO2. The molecule has 2 rings (SSSR count). The summed E-state index contributed by atoms with van der Waals surface area (Å²) in [6, 6.07) is 12.0. The largest absolute Gasteiger partial charge is 0.490 e. The quantitative estimate of drug-likeness (QED) is 0.880. The lowest BCUT2D eigenvalue weighted by atomic mass is 10.1. The summed E-state index contributed by atoms with van der Waals surface area (Å²) in [5.74, 6) is 1.08. The summed E-state index contributed by atoms with van der Waals surface area (Å²) in [6.45, 7) is 3.11. The summed E-state index contributed by atoms with van der Waals surface area (Å²) in [6.07, 6.45) is 0. The average Bonchev–Trinajstić information content (AvgIpc) is 2.47. The molecule has 0 spiro atoms. The number of hydrogen-bond acceptors (Lipinski definition) is 3. The van der Waals surface area contributed by atoms with Gasteiger partial charge in [-0.2, -0.15) is 0 Å². The van der Waals surface area contributed by atoms with E-state index in [9.17, 15) is 4.39 Å². The van der Waals surface area contributed by atoms with Crippen LogP contribution in [0.4, 0.5) is 4.39 Å². The van der Waals surface area contributed by atoms with Gasteiger partial charge in [0.25, 0.3) is 0 Å². The van der Waals surface area contributed by atoms with Gasteiger partial charge in [-0.3, -0.25) is 0 Å². The number of ether oxygens (including phenoxy) is 2. The molecule has 0 amide bonds. The zero-order valence-electron chi connectivity index (χ0n) is 11.4. The molecule has 0 atom stereocenters. The number of nitrogens with two attached hydrogens (primary N) is 1. The van der Waals surface area contributed by atoms with E-state index >= 15 is 0 Å². The standard InChI is InChI=1S/C16H18FNO2/c1-2-19-15-5-3-4-6-16(15)20-11-12-7-8-14(17)9-13(12)10-18/h3-9H,2,10-11,18H2,1H3. The highest BCUT2D eigenvalue weighted by Crippen LogP contribution is 2.27. The van der Waals surface area contributed by atoms with Crippen molar-refractivity contribution in [2.24, 2.45) is 5.73 Å². The van der Waals surface area contributed by atoms with Gasteiger partial charge in [-0.25, -0.2) is 4.39 Å². The maximum Gasteiger partial charge on any atom is 0.161 e. The second kappa shape index (κ2) is 6.91. The topological polar surface area (TPSA) is 44.5 Å². The fourth-order valence-electron chi connectivity index (χ4n) is 1.92. The molecule has 0 unspecified atom stereocenters. The van der Waals surface area contributed by atoms with Gasteiger partial charge in [0.05, 0.1) is 6.61 Å². The molecule has 0 aliphatic heterocycles. The smallest absolute Gasteiger partial charge is 0.161 e. The fraction of sp³-hybridized carbons (Fsp3) is 0.250. The van der Waals surface area contributed by atoms with E-state index in [2.05, 4.69) is 0 Å². The average molecular weight is 275 g/mol. The zero-order valence-corrected chi connectivity index (χ0v) is 11.4. The van der Waals surface area contributed by atoms with Crippen LogP contribution in [0.25, 0.3) is 0 Å². The van der Waals surface area contributed by atoms with Crippen LogP contribution in [0.2, 0.25) is 0 Å². The minimum Gasteiger partial charge on any atom is -0.490 e. The third-order valence-corrected chi connectivity index (χ3v) is 2.92. The van der Waals surface area contributed by atoms with Gasteiger partial charge in [0.15, 0.2) is 11.5 Å². The molecule has 0 fully saturated rings. The second-order valence-electron chi connectivity index (χ2n) is 4.29. The molecule has 0 aromatic heterocycles. The summed E-state index contributed by atoms with van der Waals surface area (Å²) < 4.78 is 24.4. The summed E-state index contributed by atoms with van der Waals surface area (Å²) >= 11 is 0. The molecular weight excluding hydrogens is 257 g/mol. The first-order valence-electron chi connectivity index (χ1n) is 6.56. The molecule has 106 valence electrons. The van der Waals surface area contributed by atoms with Gasteiger partial charge < -0.3 is 15.2 Å². The highest BCUT2D eigenvalue weighted by Gasteiger charge is 2.07. The summed E-state index contributed by atoms with van der Waals surface area (Å²) in [5, 5.41) is 0. The summed E-state index contributed by atoms with van der Waals surface area (Å²) in [7, 11) is 0. The van der Waals surface area contributed by atoms with Gasteiger partial charge >= 0.3 is 0 Å². The third-order valence-electron chi connectivity index (χ3n) is 2.92. The fourth-order valence-corrected chi connectivity index (χ4v) is 1.92. The van der Waals surface area contributed by atoms with Crippen LogP contribution >= 0.6 is 0 Å². The van der Waals surface area contributed by atoms with Crippen LogP contribution in [0.5, 0.6) is 11.5 Å². The number of hydrogen-bond donors (Lipinski definition) is 1. The molecule has 2 aromatic carbocycles. The Morgan fingerprint density at radius 2 is 1.70 bits per heavy atom. The molecule has 0 aliphatic carbocycles. The van der Waals surface area contributed by atoms with Crippen molar-refractivity contribution in [3.05, 3.63) is 59.4 Å². The summed E-state index contributed by atoms with van der Waals surface area (Å²) in [4.78, 5) is 0. The Morgan fingerprint density at radius 1 is 1.00 bits per heavy atom. The molecule has 4 heteroatoms. The molecule has 3 nitrogen and oxygen atoms in total. The number of rotatable bonds is 6. The lowest BCUT2D eigenvalue weighted by molar-refractivity contribution is 0.268. The first-order valence-corrected chi connectivity index (χ1v) is 6.56. The molecule has 2 aromatic rings. The van der Waals surface area contributed by atoms with E-state index in [0.29, 0.717) is 24.7 Å². The maximum atomic E-state index is 13.1. The zero-order chi connectivity index (χ0) is 14.4. The monoisotopic (exact) mass is 275 g/mol. The van der Waals surface area contributed by atoms with Gasteiger partial charge in [-0.15, -0.1) is 0 Å². The van der Waals surface area contributed by atoms with Gasteiger partial charge in [-0.1, -0.05) is 18.2 Å². The third kappa shape index (κ3) is 3.48. The lowest BCUT2D eigenvalue weighted by Crippen LogP contribution is -2.06. The van der Waals surface area contributed by atoms with Crippen LogP contribution in [-0.4, -0.2) is 6.61 Å². The molecule has 0 heterocycles. The predicted octanol–water partition coefficient (Wildman–Crippen LogP) is 3.26. The van der Waals surface area contributed by atoms with Crippen molar-refractivity contribution in [1.29, 1.82) is 0 Å². The van der Waals surface area contributed by atoms with Crippen LogP contribution < -0.4 is 15.2 Å². The first kappa shape index (κ1) is 14.3. The highest BCUT2D eigenvalue weighted by atomic mass is 19.1. The van der Waals surface area contributed by atoms with E-state index in [4.69, 9.17) is 15.2 Å². The Hall–Kier alpha value is -2.07. The number of halogens is 1. The first-order chi connectivity index (χ1) is 9.74. The van der Waals surface area contributed by atoms with Crippen LogP contribution in [-0.2, 0) is 13.2 Å². The summed E-state index contributed by atoms with van der Waals surface area (Å²) in [5.41, 5.74) is 7.24. The maximum absolute atomic E-state index is 13.1. The SMILES string of the molecule is CCOc1ccccc1OCc1ccc(F)cc1CN. The van der Waals surface area contributed by atoms with E-state index in [1.807, 2.05) is 31.2 Å². The Morgan fingerprint density at radius 3 is 2.35 bits per heavy atom. The minimum atomic E-state index is -0.288. The van der Waals surface area contributed by atoms with Crippen molar-refractivity contribution in [3.63, 3.8) is 0 Å². The van der Waals surface area contributed by atoms with Crippen molar-refractivity contribution < 1.29 is 13.9 Å². The van der Waals surface area contributed by atoms with Gasteiger partial charge in [0.1, 0.15) is 12.4 Å². The molecule has 0 saturated heterocycles. The van der Waals surface area contributed by atoms with E-state index in [-0.39, 0.29) is 12.4 Å². The Bertz CT molecular complexity index is 572. The predicted molar refractivity (Wildman–Crippen MR) is 76.2 cm³/mol. The molecule has 2 N–H and O–H groups in total. The second-order valence-corrected chi connectivity index (χ2v) is 4.29. The van der Waals surface area contributed by atoms with E-state index < -0.39 is 0 Å². The van der Waals surface area contributed by atoms with Crippen LogP contribution in [0.1, 0.15) is 18.1 Å². The van der Waals surface area contributed by atoms with E-state index in [1.54, 1.807) is 6.07 Å². The van der Waals surface area contributed by atoms with Crippen LogP contribution in [0.3, 0.4) is 0 Å². The molecule has 0 radical (unpaired) electrons. The van der Waals surface area contributed by atoms with Gasteiger partial charge in [0.2, 0.25) is 0 Å². The Kier molecular flexibility index (Phi) is 4.96.